The Hall–Kier alpha value is -1.32. The second-order valence-electron chi connectivity index (χ2n) is 5.99. The van der Waals surface area contributed by atoms with Crippen LogP contribution in [-0.4, -0.2) is 23.6 Å². The first kappa shape index (κ1) is 15.1. The second kappa shape index (κ2) is 7.46. The molecule has 1 fully saturated rings. The van der Waals surface area contributed by atoms with Gasteiger partial charge in [-0.15, -0.1) is 0 Å². The van der Waals surface area contributed by atoms with Crippen molar-refractivity contribution in [3.8, 4) is 0 Å². The third-order valence-corrected chi connectivity index (χ3v) is 4.52. The summed E-state index contributed by atoms with van der Waals surface area (Å²) >= 11 is 0. The van der Waals surface area contributed by atoms with Crippen molar-refractivity contribution < 1.29 is 0 Å². The second-order valence-corrected chi connectivity index (χ2v) is 5.99. The minimum Gasteiger partial charge on any atom is -0.373 e. The highest BCUT2D eigenvalue weighted by atomic mass is 15.1. The Bertz CT molecular complexity index is 411. The van der Waals surface area contributed by atoms with Crippen molar-refractivity contribution in [1.29, 1.82) is 0 Å². The lowest BCUT2D eigenvalue weighted by molar-refractivity contribution is 0.282. The highest BCUT2D eigenvalue weighted by Gasteiger charge is 2.18. The molecule has 0 radical (unpaired) electrons. The standard InChI is InChI=1S/C16H28N4/c1-4-14-15(17-3)19-11-20-16(14)18-10-9-13-7-5-12(2)6-8-13/h11-13H,4-10H2,1-3H3,(H2,17,18,19,20). The molecule has 0 bridgehead atoms. The first-order valence-electron chi connectivity index (χ1n) is 8.00. The lowest BCUT2D eigenvalue weighted by Crippen LogP contribution is -2.17. The monoisotopic (exact) mass is 276 g/mol. The van der Waals surface area contributed by atoms with Crippen LogP contribution < -0.4 is 10.6 Å². The Morgan fingerprint density at radius 2 is 1.85 bits per heavy atom. The maximum absolute atomic E-state index is 4.39. The number of nitrogens with zero attached hydrogens (tertiary/aromatic N) is 2. The van der Waals surface area contributed by atoms with Gasteiger partial charge in [0.15, 0.2) is 0 Å². The van der Waals surface area contributed by atoms with E-state index in [4.69, 9.17) is 0 Å². The highest BCUT2D eigenvalue weighted by molar-refractivity contribution is 5.56. The van der Waals surface area contributed by atoms with Crippen molar-refractivity contribution in [3.63, 3.8) is 0 Å². The first-order valence-corrected chi connectivity index (χ1v) is 8.00. The minimum absolute atomic E-state index is 0.898. The van der Waals surface area contributed by atoms with Gasteiger partial charge in [-0.2, -0.15) is 0 Å². The third kappa shape index (κ3) is 3.84. The van der Waals surface area contributed by atoms with Gasteiger partial charge in [0.2, 0.25) is 0 Å². The molecule has 1 aromatic heterocycles. The summed E-state index contributed by atoms with van der Waals surface area (Å²) in [6.45, 7) is 5.54. The predicted octanol–water partition coefficient (Wildman–Crippen LogP) is 3.71. The topological polar surface area (TPSA) is 49.8 Å². The van der Waals surface area contributed by atoms with Crippen LogP contribution in [0.1, 0.15) is 51.5 Å². The molecule has 0 saturated heterocycles. The maximum Gasteiger partial charge on any atom is 0.134 e. The zero-order chi connectivity index (χ0) is 14.4. The van der Waals surface area contributed by atoms with Crippen molar-refractivity contribution in [2.24, 2.45) is 11.8 Å². The molecular weight excluding hydrogens is 248 g/mol. The van der Waals surface area contributed by atoms with Gasteiger partial charge in [0, 0.05) is 19.2 Å². The van der Waals surface area contributed by atoms with Crippen LogP contribution in [-0.2, 0) is 6.42 Å². The Morgan fingerprint density at radius 1 is 1.15 bits per heavy atom. The van der Waals surface area contributed by atoms with E-state index in [1.165, 1.54) is 37.7 Å². The first-order chi connectivity index (χ1) is 9.74. The van der Waals surface area contributed by atoms with Gasteiger partial charge in [-0.3, -0.25) is 0 Å². The molecule has 2 N–H and O–H groups in total. The summed E-state index contributed by atoms with van der Waals surface area (Å²) in [4.78, 5) is 8.66. The molecule has 20 heavy (non-hydrogen) atoms. The number of anilines is 2. The van der Waals surface area contributed by atoms with Gasteiger partial charge in [-0.25, -0.2) is 9.97 Å². The zero-order valence-corrected chi connectivity index (χ0v) is 13.1. The Morgan fingerprint density at radius 3 is 2.50 bits per heavy atom. The number of aromatic nitrogens is 2. The Kier molecular flexibility index (Phi) is 5.62. The molecule has 0 aromatic carbocycles. The lowest BCUT2D eigenvalue weighted by atomic mass is 9.81. The van der Waals surface area contributed by atoms with Gasteiger partial charge in [0.1, 0.15) is 18.0 Å². The molecule has 4 nitrogen and oxygen atoms in total. The number of rotatable bonds is 6. The molecule has 0 atom stereocenters. The van der Waals surface area contributed by atoms with Crippen LogP contribution in [0.25, 0.3) is 0 Å². The molecule has 1 saturated carbocycles. The van der Waals surface area contributed by atoms with E-state index in [1.54, 1.807) is 6.33 Å². The Balaban J connectivity index is 1.85. The fourth-order valence-electron chi connectivity index (χ4n) is 3.13. The van der Waals surface area contributed by atoms with Crippen molar-refractivity contribution in [2.45, 2.75) is 52.4 Å². The van der Waals surface area contributed by atoms with Gasteiger partial charge in [0.25, 0.3) is 0 Å². The quantitative estimate of drug-likeness (QED) is 0.831. The zero-order valence-electron chi connectivity index (χ0n) is 13.1. The van der Waals surface area contributed by atoms with Gasteiger partial charge in [-0.1, -0.05) is 39.5 Å². The van der Waals surface area contributed by atoms with E-state index in [0.29, 0.717) is 0 Å². The summed E-state index contributed by atoms with van der Waals surface area (Å²) in [6.07, 6.45) is 9.44. The summed E-state index contributed by atoms with van der Waals surface area (Å²) < 4.78 is 0. The van der Waals surface area contributed by atoms with E-state index in [-0.39, 0.29) is 0 Å². The van der Waals surface area contributed by atoms with Gasteiger partial charge in [-0.05, 0) is 24.7 Å². The largest absolute Gasteiger partial charge is 0.373 e. The molecule has 0 amide bonds. The highest BCUT2D eigenvalue weighted by Crippen LogP contribution is 2.30. The van der Waals surface area contributed by atoms with Crippen molar-refractivity contribution in [2.75, 3.05) is 24.2 Å². The van der Waals surface area contributed by atoms with E-state index in [1.807, 2.05) is 7.05 Å². The van der Waals surface area contributed by atoms with Crippen LogP contribution in [0, 0.1) is 11.8 Å². The van der Waals surface area contributed by atoms with Crippen molar-refractivity contribution >= 4 is 11.6 Å². The molecule has 1 aliphatic rings. The molecule has 0 aliphatic heterocycles. The SMILES string of the molecule is CCc1c(NC)ncnc1NCCC1CCC(C)CC1. The molecule has 0 unspecified atom stereocenters. The number of nitrogens with one attached hydrogen (secondary N) is 2. The van der Waals surface area contributed by atoms with Crippen LogP contribution in [0.5, 0.6) is 0 Å². The summed E-state index contributed by atoms with van der Waals surface area (Å²) in [6, 6.07) is 0. The summed E-state index contributed by atoms with van der Waals surface area (Å²) in [7, 11) is 1.91. The predicted molar refractivity (Wildman–Crippen MR) is 85.2 cm³/mol. The Labute approximate surface area is 122 Å². The average Bonchev–Trinajstić information content (AvgIpc) is 2.49. The molecular formula is C16H28N4. The van der Waals surface area contributed by atoms with Gasteiger partial charge >= 0.3 is 0 Å². The lowest BCUT2D eigenvalue weighted by Gasteiger charge is -2.26. The fourth-order valence-corrected chi connectivity index (χ4v) is 3.13. The smallest absolute Gasteiger partial charge is 0.134 e. The van der Waals surface area contributed by atoms with E-state index >= 15 is 0 Å². The normalized spacial score (nSPS) is 22.6. The van der Waals surface area contributed by atoms with Crippen molar-refractivity contribution in [3.05, 3.63) is 11.9 Å². The van der Waals surface area contributed by atoms with Crippen LogP contribution in [0.3, 0.4) is 0 Å². The fraction of sp³-hybridized carbons (Fsp3) is 0.750. The molecule has 1 aromatic rings. The molecule has 4 heteroatoms. The van der Waals surface area contributed by atoms with E-state index in [0.717, 1.165) is 36.4 Å². The van der Waals surface area contributed by atoms with Crippen LogP contribution >= 0.6 is 0 Å². The minimum atomic E-state index is 0.898. The van der Waals surface area contributed by atoms with E-state index in [2.05, 4.69) is 34.4 Å². The summed E-state index contributed by atoms with van der Waals surface area (Å²) in [5, 5.41) is 6.65. The number of hydrogen-bond acceptors (Lipinski definition) is 4. The maximum atomic E-state index is 4.39. The molecule has 0 spiro atoms. The molecule has 1 aliphatic carbocycles. The van der Waals surface area contributed by atoms with E-state index < -0.39 is 0 Å². The average molecular weight is 276 g/mol. The van der Waals surface area contributed by atoms with Crippen LogP contribution in [0.2, 0.25) is 0 Å². The van der Waals surface area contributed by atoms with E-state index in [9.17, 15) is 0 Å². The number of hydrogen-bond donors (Lipinski definition) is 2. The van der Waals surface area contributed by atoms with Gasteiger partial charge < -0.3 is 10.6 Å². The molecule has 2 rings (SSSR count). The molecule has 1 heterocycles. The summed E-state index contributed by atoms with van der Waals surface area (Å²) in [5.41, 5.74) is 1.19. The summed E-state index contributed by atoms with van der Waals surface area (Å²) in [5.74, 6) is 3.77. The van der Waals surface area contributed by atoms with Crippen LogP contribution in [0.15, 0.2) is 6.33 Å². The van der Waals surface area contributed by atoms with Crippen molar-refractivity contribution in [1.82, 2.24) is 9.97 Å². The molecule has 112 valence electrons. The third-order valence-electron chi connectivity index (χ3n) is 4.52. The van der Waals surface area contributed by atoms with Gasteiger partial charge in [0.05, 0.1) is 0 Å². The van der Waals surface area contributed by atoms with Crippen LogP contribution in [0.4, 0.5) is 11.6 Å².